The molecule has 1 aromatic carbocycles. The minimum Gasteiger partial charge on any atom is -0.383 e. The van der Waals surface area contributed by atoms with E-state index in [2.05, 4.69) is 46.4 Å². The van der Waals surface area contributed by atoms with E-state index in [4.69, 9.17) is 28.9 Å². The zero-order chi connectivity index (χ0) is 15.6. The van der Waals surface area contributed by atoms with Gasteiger partial charge in [0.25, 0.3) is 0 Å². The molecule has 0 atom stereocenters. The summed E-state index contributed by atoms with van der Waals surface area (Å²) in [7, 11) is 0. The maximum atomic E-state index is 6.20. The van der Waals surface area contributed by atoms with E-state index in [9.17, 15) is 0 Å². The molecule has 0 aliphatic heterocycles. The van der Waals surface area contributed by atoms with E-state index in [1.807, 2.05) is 12.1 Å². The highest BCUT2D eigenvalue weighted by Crippen LogP contribution is 2.24. The fourth-order valence-corrected chi connectivity index (χ4v) is 2.94. The summed E-state index contributed by atoms with van der Waals surface area (Å²) in [6.07, 6.45) is 1.43. The number of hydrogen-bond donors (Lipinski definition) is 1. The number of nitrogens with zero attached hydrogens (tertiary/aromatic N) is 2. The number of halogens is 3. The van der Waals surface area contributed by atoms with Gasteiger partial charge >= 0.3 is 0 Å². The van der Waals surface area contributed by atoms with Crippen molar-refractivity contribution in [3.63, 3.8) is 0 Å². The van der Waals surface area contributed by atoms with Crippen LogP contribution < -0.4 is 5.73 Å². The average molecular weight is 436 g/mol. The highest BCUT2D eigenvalue weighted by Gasteiger charge is 2.13. The van der Waals surface area contributed by atoms with Crippen LogP contribution in [0, 0.1) is 9.49 Å². The third kappa shape index (κ3) is 4.44. The molecule has 2 rings (SSSR count). The third-order valence-corrected chi connectivity index (χ3v) is 4.72. The Balaban J connectivity index is 2.33. The van der Waals surface area contributed by atoms with Gasteiger partial charge in [-0.25, -0.2) is 9.97 Å². The first-order valence-corrected chi connectivity index (χ1v) is 8.45. The number of aromatic nitrogens is 2. The standard InChI is InChI=1S/C15H16Cl2IN3/c1-8(2)5-12-14(18)15(19)21-13(20-12)6-9-3-4-10(16)7-11(9)17/h3-4,7-8H,5-6H2,1-2H3,(H2,19,20,21). The van der Waals surface area contributed by atoms with Gasteiger partial charge in [-0.05, 0) is 52.6 Å². The van der Waals surface area contributed by atoms with Gasteiger partial charge in [0.2, 0.25) is 0 Å². The molecule has 0 saturated carbocycles. The lowest BCUT2D eigenvalue weighted by Gasteiger charge is -2.11. The SMILES string of the molecule is CC(C)Cc1nc(Cc2ccc(Cl)cc2Cl)nc(N)c1I. The molecule has 6 heteroatoms. The van der Waals surface area contributed by atoms with E-state index >= 15 is 0 Å². The molecule has 0 aliphatic rings. The second-order valence-corrected chi connectivity index (χ2v) is 7.22. The quantitative estimate of drug-likeness (QED) is 0.704. The lowest BCUT2D eigenvalue weighted by Crippen LogP contribution is -2.10. The molecule has 0 amide bonds. The van der Waals surface area contributed by atoms with Crippen molar-refractivity contribution < 1.29 is 0 Å². The first-order chi connectivity index (χ1) is 9.86. The molecule has 1 aromatic heterocycles. The van der Waals surface area contributed by atoms with Crippen molar-refractivity contribution in [2.24, 2.45) is 5.92 Å². The maximum absolute atomic E-state index is 6.20. The fourth-order valence-electron chi connectivity index (χ4n) is 2.00. The number of rotatable bonds is 4. The van der Waals surface area contributed by atoms with Gasteiger partial charge in [-0.3, -0.25) is 0 Å². The van der Waals surface area contributed by atoms with E-state index in [1.54, 1.807) is 6.07 Å². The van der Waals surface area contributed by atoms with Gasteiger partial charge in [-0.2, -0.15) is 0 Å². The largest absolute Gasteiger partial charge is 0.383 e. The molecule has 2 N–H and O–H groups in total. The molecule has 0 bridgehead atoms. The van der Waals surface area contributed by atoms with Crippen molar-refractivity contribution in [1.82, 2.24) is 9.97 Å². The summed E-state index contributed by atoms with van der Waals surface area (Å²) in [5, 5.41) is 1.24. The van der Waals surface area contributed by atoms with Crippen molar-refractivity contribution in [3.05, 3.63) is 48.9 Å². The Kier molecular flexibility index (Phi) is 5.68. The highest BCUT2D eigenvalue weighted by molar-refractivity contribution is 14.1. The zero-order valence-electron chi connectivity index (χ0n) is 11.8. The lowest BCUT2D eigenvalue weighted by molar-refractivity contribution is 0.629. The van der Waals surface area contributed by atoms with Crippen LogP contribution in [0.25, 0.3) is 0 Å². The number of anilines is 1. The van der Waals surface area contributed by atoms with Crippen molar-refractivity contribution in [2.45, 2.75) is 26.7 Å². The van der Waals surface area contributed by atoms with E-state index in [-0.39, 0.29) is 0 Å². The Hall–Kier alpha value is -0.590. The summed E-state index contributed by atoms with van der Waals surface area (Å²) >= 11 is 14.3. The zero-order valence-corrected chi connectivity index (χ0v) is 15.5. The van der Waals surface area contributed by atoms with Gasteiger partial charge in [0.1, 0.15) is 11.6 Å². The van der Waals surface area contributed by atoms with Crippen molar-refractivity contribution in [3.8, 4) is 0 Å². The fraction of sp³-hybridized carbons (Fsp3) is 0.333. The van der Waals surface area contributed by atoms with Crippen LogP contribution in [-0.2, 0) is 12.8 Å². The normalized spacial score (nSPS) is 11.1. The smallest absolute Gasteiger partial charge is 0.140 e. The van der Waals surface area contributed by atoms with Gasteiger partial charge in [-0.15, -0.1) is 0 Å². The van der Waals surface area contributed by atoms with Crippen LogP contribution in [0.4, 0.5) is 5.82 Å². The van der Waals surface area contributed by atoms with Crippen LogP contribution in [0.3, 0.4) is 0 Å². The molecule has 0 saturated heterocycles. The van der Waals surface area contributed by atoms with Crippen LogP contribution >= 0.6 is 45.8 Å². The minimum absolute atomic E-state index is 0.514. The van der Waals surface area contributed by atoms with Crippen LogP contribution in [-0.4, -0.2) is 9.97 Å². The van der Waals surface area contributed by atoms with Crippen molar-refractivity contribution in [2.75, 3.05) is 5.73 Å². The molecule has 0 radical (unpaired) electrons. The summed E-state index contributed by atoms with van der Waals surface area (Å²) in [5.74, 6) is 1.73. The van der Waals surface area contributed by atoms with Gasteiger partial charge in [0.05, 0.1) is 9.26 Å². The molecule has 21 heavy (non-hydrogen) atoms. The minimum atomic E-state index is 0.514. The second kappa shape index (κ2) is 7.11. The topological polar surface area (TPSA) is 51.8 Å². The predicted molar refractivity (Wildman–Crippen MR) is 97.0 cm³/mol. The Labute approximate surface area is 148 Å². The average Bonchev–Trinajstić information content (AvgIpc) is 2.38. The molecule has 3 nitrogen and oxygen atoms in total. The molecular weight excluding hydrogens is 420 g/mol. The van der Waals surface area contributed by atoms with Crippen LogP contribution in [0.15, 0.2) is 18.2 Å². The Bertz CT molecular complexity index is 660. The van der Waals surface area contributed by atoms with Crippen LogP contribution in [0.2, 0.25) is 10.0 Å². The second-order valence-electron chi connectivity index (χ2n) is 5.30. The van der Waals surface area contributed by atoms with E-state index in [0.29, 0.717) is 34.0 Å². The summed E-state index contributed by atoms with van der Waals surface area (Å²) in [6, 6.07) is 5.43. The third-order valence-electron chi connectivity index (χ3n) is 2.96. The van der Waals surface area contributed by atoms with E-state index < -0.39 is 0 Å². The Morgan fingerprint density at radius 1 is 1.24 bits per heavy atom. The molecule has 0 fully saturated rings. The predicted octanol–water partition coefficient (Wildman–Crippen LogP) is 4.76. The van der Waals surface area contributed by atoms with Crippen molar-refractivity contribution >= 4 is 51.6 Å². The molecule has 0 spiro atoms. The molecule has 2 aromatic rings. The van der Waals surface area contributed by atoms with Gasteiger partial charge < -0.3 is 5.73 Å². The summed E-state index contributed by atoms with van der Waals surface area (Å²) in [5.41, 5.74) is 7.94. The first kappa shape index (κ1) is 16.8. The molecule has 1 heterocycles. The highest BCUT2D eigenvalue weighted by atomic mass is 127. The summed E-state index contributed by atoms with van der Waals surface area (Å²) in [6.45, 7) is 4.31. The van der Waals surface area contributed by atoms with Crippen LogP contribution in [0.5, 0.6) is 0 Å². The Morgan fingerprint density at radius 3 is 2.57 bits per heavy atom. The lowest BCUT2D eigenvalue weighted by atomic mass is 10.1. The van der Waals surface area contributed by atoms with E-state index in [0.717, 1.165) is 21.2 Å². The summed E-state index contributed by atoms with van der Waals surface area (Å²) in [4.78, 5) is 9.01. The molecule has 0 unspecified atom stereocenters. The number of nitrogen functional groups attached to an aromatic ring is 1. The maximum Gasteiger partial charge on any atom is 0.140 e. The first-order valence-electron chi connectivity index (χ1n) is 6.61. The Morgan fingerprint density at radius 2 is 1.95 bits per heavy atom. The molecule has 112 valence electrons. The van der Waals surface area contributed by atoms with Crippen molar-refractivity contribution in [1.29, 1.82) is 0 Å². The van der Waals surface area contributed by atoms with Gasteiger partial charge in [0, 0.05) is 16.5 Å². The number of nitrogens with two attached hydrogens (primary N) is 1. The van der Waals surface area contributed by atoms with E-state index in [1.165, 1.54) is 0 Å². The number of hydrogen-bond acceptors (Lipinski definition) is 3. The van der Waals surface area contributed by atoms with Crippen LogP contribution in [0.1, 0.15) is 30.9 Å². The number of benzene rings is 1. The van der Waals surface area contributed by atoms with Gasteiger partial charge in [0.15, 0.2) is 0 Å². The summed E-state index contributed by atoms with van der Waals surface area (Å²) < 4.78 is 0.937. The monoisotopic (exact) mass is 435 g/mol. The van der Waals surface area contributed by atoms with Gasteiger partial charge in [-0.1, -0.05) is 43.1 Å². The molecular formula is C15H16Cl2IN3. The molecule has 0 aliphatic carbocycles.